The van der Waals surface area contributed by atoms with Crippen LogP contribution in [0.4, 0.5) is 5.82 Å². The van der Waals surface area contributed by atoms with Crippen LogP contribution in [0.5, 0.6) is 5.88 Å². The number of anilines is 1. The predicted molar refractivity (Wildman–Crippen MR) is 85.2 cm³/mol. The van der Waals surface area contributed by atoms with Gasteiger partial charge in [0.05, 0.1) is 24.1 Å². The molecular formula is C14H16Cl2N2O4Y-2. The number of nitrogens with one attached hydrogen (secondary N) is 1. The third-order valence-electron chi connectivity index (χ3n) is 2.31. The molecule has 1 radical (unpaired) electrons. The van der Waals surface area contributed by atoms with E-state index in [1.54, 1.807) is 0 Å². The number of aliphatic hydroxyl groups is 1. The molecule has 1 saturated heterocycles. The van der Waals surface area contributed by atoms with E-state index in [9.17, 15) is 4.79 Å². The van der Waals surface area contributed by atoms with Crippen LogP contribution in [-0.4, -0.2) is 34.8 Å². The van der Waals surface area contributed by atoms with E-state index in [1.165, 1.54) is 6.07 Å². The van der Waals surface area contributed by atoms with E-state index < -0.39 is 11.5 Å². The Morgan fingerprint density at radius 2 is 2.00 bits per heavy atom. The minimum atomic E-state index is -0.518. The molecule has 9 heteroatoms. The molecule has 0 saturated carbocycles. The van der Waals surface area contributed by atoms with Crippen molar-refractivity contribution in [2.75, 3.05) is 18.5 Å². The fourth-order valence-electron chi connectivity index (χ4n) is 1.42. The van der Waals surface area contributed by atoms with Gasteiger partial charge in [-0.25, -0.2) is 13.5 Å². The van der Waals surface area contributed by atoms with Gasteiger partial charge >= 0.3 is 0 Å². The summed E-state index contributed by atoms with van der Waals surface area (Å²) in [5.41, 5.74) is -0.448. The van der Waals surface area contributed by atoms with Crippen LogP contribution in [-0.2, 0) is 42.2 Å². The third-order valence-corrected chi connectivity index (χ3v) is 2.87. The Kier molecular flexibility index (Phi) is 9.32. The number of halogens is 2. The predicted octanol–water partition coefficient (Wildman–Crippen LogP) is 3.22. The van der Waals surface area contributed by atoms with Crippen LogP contribution in [0.1, 0.15) is 6.92 Å². The second kappa shape index (κ2) is 9.59. The van der Waals surface area contributed by atoms with Gasteiger partial charge < -0.3 is 31.6 Å². The Balaban J connectivity index is 0.000000871. The summed E-state index contributed by atoms with van der Waals surface area (Å²) in [7, 11) is 0. The summed E-state index contributed by atoms with van der Waals surface area (Å²) in [6, 6.07) is 1.46. The molecule has 0 aliphatic carbocycles. The van der Waals surface area contributed by atoms with E-state index in [4.69, 9.17) is 37.8 Å². The summed E-state index contributed by atoms with van der Waals surface area (Å²) in [4.78, 5) is 15.0. The Labute approximate surface area is 170 Å². The fraction of sp³-hybridized carbons (Fsp3) is 0.286. The molecule has 2 heterocycles. The summed E-state index contributed by atoms with van der Waals surface area (Å²) < 4.78 is 10.7. The number of amides is 1. The molecule has 1 aliphatic heterocycles. The van der Waals surface area contributed by atoms with Crippen molar-refractivity contribution < 1.29 is 52.1 Å². The molecule has 1 aromatic heterocycles. The quantitative estimate of drug-likeness (QED) is 0.562. The average molecular weight is 436 g/mol. The first kappa shape index (κ1) is 22.3. The van der Waals surface area contributed by atoms with E-state index in [0.717, 1.165) is 0 Å². The van der Waals surface area contributed by atoms with Crippen molar-refractivity contribution in [1.82, 2.24) is 4.98 Å². The Hall–Kier alpha value is -0.656. The van der Waals surface area contributed by atoms with E-state index in [2.05, 4.69) is 30.7 Å². The van der Waals surface area contributed by atoms with Crippen molar-refractivity contribution in [2.45, 2.75) is 12.5 Å². The number of allylic oxidation sites excluding steroid dienone is 1. The SMILES string of the molecule is C=C([CH2-])O.[CH2-]C(=O)Nc1nc(OC2(C)COC2)c(Cl)cc1Cl.[Y]. The van der Waals surface area contributed by atoms with Gasteiger partial charge in [0.25, 0.3) is 0 Å². The first-order chi connectivity index (χ1) is 10.1. The van der Waals surface area contributed by atoms with Gasteiger partial charge in [-0.05, 0) is 13.0 Å². The van der Waals surface area contributed by atoms with Crippen LogP contribution in [0.2, 0.25) is 10.0 Å². The molecule has 2 rings (SSSR count). The van der Waals surface area contributed by atoms with Crippen LogP contribution < -0.4 is 10.1 Å². The monoisotopic (exact) mass is 435 g/mol. The zero-order valence-electron chi connectivity index (χ0n) is 12.6. The molecule has 2 N–H and O–H groups in total. The second-order valence-corrected chi connectivity index (χ2v) is 5.58. The molecular weight excluding hydrogens is 420 g/mol. The number of pyridine rings is 1. The first-order valence-electron chi connectivity index (χ1n) is 6.08. The molecule has 1 aliphatic rings. The Morgan fingerprint density at radius 3 is 2.39 bits per heavy atom. The van der Waals surface area contributed by atoms with Crippen LogP contribution in [0, 0.1) is 13.8 Å². The van der Waals surface area contributed by atoms with Gasteiger partial charge in [-0.15, -0.1) is 0 Å². The number of carbonyl (C=O) groups is 1. The van der Waals surface area contributed by atoms with E-state index in [-0.39, 0.29) is 60.2 Å². The standard InChI is InChI=1S/C11H11Cl2N2O3.C3H5O.Y/c1-6(16)14-9-7(12)3-8(13)10(15-9)18-11(2)4-17-5-11;1-3(2)4;/h3H,1,4-5H2,2H3,(H,14,15,16);4H,1-2H2;/q2*-1;. The molecule has 6 nitrogen and oxygen atoms in total. The number of aliphatic hydroxyl groups excluding tert-OH is 1. The number of aromatic nitrogens is 1. The number of hydrogen-bond donors (Lipinski definition) is 2. The summed E-state index contributed by atoms with van der Waals surface area (Å²) in [5, 5.41) is 10.6. The number of hydrogen-bond acceptors (Lipinski definition) is 5. The summed E-state index contributed by atoms with van der Waals surface area (Å²) in [6.07, 6.45) is 0. The van der Waals surface area contributed by atoms with Crippen molar-refractivity contribution in [1.29, 1.82) is 0 Å². The maximum absolute atomic E-state index is 10.9. The second-order valence-electron chi connectivity index (χ2n) is 4.76. The molecule has 0 aromatic carbocycles. The average Bonchev–Trinajstić information content (AvgIpc) is 2.32. The summed E-state index contributed by atoms with van der Waals surface area (Å²) in [6.45, 7) is 12.0. The van der Waals surface area contributed by atoms with Gasteiger partial charge in [0.15, 0.2) is 11.4 Å². The third kappa shape index (κ3) is 7.63. The summed E-state index contributed by atoms with van der Waals surface area (Å²) >= 11 is 11.9. The van der Waals surface area contributed by atoms with Crippen molar-refractivity contribution in [3.05, 3.63) is 42.3 Å². The van der Waals surface area contributed by atoms with E-state index in [1.807, 2.05) is 6.92 Å². The molecule has 0 atom stereocenters. The van der Waals surface area contributed by atoms with Crippen molar-refractivity contribution in [3.8, 4) is 5.88 Å². The molecule has 23 heavy (non-hydrogen) atoms. The van der Waals surface area contributed by atoms with Crippen LogP contribution in [0.15, 0.2) is 18.4 Å². The minimum Gasteiger partial charge on any atom is -0.546 e. The van der Waals surface area contributed by atoms with Gasteiger partial charge in [0.2, 0.25) is 5.88 Å². The van der Waals surface area contributed by atoms with Crippen molar-refractivity contribution >= 4 is 34.9 Å². The normalized spacial score (nSPS) is 14.2. The fourth-order valence-corrected chi connectivity index (χ4v) is 1.87. The number of ether oxygens (including phenoxy) is 2. The van der Waals surface area contributed by atoms with Gasteiger partial charge in [0.1, 0.15) is 5.02 Å². The molecule has 0 unspecified atom stereocenters. The molecule has 1 fully saturated rings. The molecule has 0 spiro atoms. The van der Waals surface area contributed by atoms with Gasteiger partial charge in [-0.3, -0.25) is 0 Å². The molecule has 125 valence electrons. The zero-order chi connectivity index (χ0) is 16.9. The maximum Gasteiger partial charge on any atom is 0.235 e. The van der Waals surface area contributed by atoms with E-state index in [0.29, 0.717) is 13.2 Å². The Bertz CT molecular complexity index is 576. The van der Waals surface area contributed by atoms with E-state index >= 15 is 0 Å². The molecule has 1 aromatic rings. The molecule has 1 amide bonds. The first-order valence-corrected chi connectivity index (χ1v) is 6.84. The van der Waals surface area contributed by atoms with Crippen LogP contribution in [0.25, 0.3) is 0 Å². The maximum atomic E-state index is 10.9. The minimum absolute atomic E-state index is 0. The number of nitrogens with zero attached hydrogens (tertiary/aromatic N) is 1. The summed E-state index contributed by atoms with van der Waals surface area (Å²) in [5.74, 6) is -0.230. The van der Waals surface area contributed by atoms with Gasteiger partial charge in [-0.1, -0.05) is 29.0 Å². The smallest absolute Gasteiger partial charge is 0.235 e. The van der Waals surface area contributed by atoms with Crippen molar-refractivity contribution in [2.24, 2.45) is 0 Å². The van der Waals surface area contributed by atoms with Crippen LogP contribution in [0.3, 0.4) is 0 Å². The topological polar surface area (TPSA) is 80.7 Å². The van der Waals surface area contributed by atoms with Gasteiger partial charge in [0, 0.05) is 32.7 Å². The number of rotatable bonds is 3. The zero-order valence-corrected chi connectivity index (χ0v) is 16.9. The van der Waals surface area contributed by atoms with Crippen LogP contribution >= 0.6 is 23.2 Å². The van der Waals surface area contributed by atoms with Gasteiger partial charge in [-0.2, -0.15) is 4.98 Å². The Morgan fingerprint density at radius 1 is 1.48 bits per heavy atom. The largest absolute Gasteiger partial charge is 0.546 e. The number of carbonyl (C=O) groups excluding carboxylic acids is 1. The van der Waals surface area contributed by atoms with Crippen molar-refractivity contribution in [3.63, 3.8) is 0 Å². The molecule has 0 bridgehead atoms.